The van der Waals surface area contributed by atoms with Gasteiger partial charge in [0.1, 0.15) is 5.70 Å². The van der Waals surface area contributed by atoms with Crippen molar-refractivity contribution in [2.75, 3.05) is 19.5 Å². The second kappa shape index (κ2) is 6.85. The number of rotatable bonds is 4. The molecule has 0 radical (unpaired) electrons. The molecule has 0 bridgehead atoms. The Balaban J connectivity index is 3.21. The van der Waals surface area contributed by atoms with Gasteiger partial charge in [0.15, 0.2) is 11.6 Å². The van der Waals surface area contributed by atoms with Gasteiger partial charge in [0.25, 0.3) is 0 Å². The van der Waals surface area contributed by atoms with E-state index < -0.39 is 35.0 Å². The van der Waals surface area contributed by atoms with Crippen LogP contribution < -0.4 is 5.32 Å². The summed E-state index contributed by atoms with van der Waals surface area (Å²) in [6, 6.07) is 1.92. The fourth-order valence-electron chi connectivity index (χ4n) is 1.21. The molecule has 0 amide bonds. The second-order valence-electron chi connectivity index (χ2n) is 3.42. The molecule has 0 saturated carbocycles. The standard InChI is InChI=1S/C12H10ClF2NO4/c1-19-9(17)5-8(12(18)20-2)16-11-6(13)3-4-7(14)10(11)15/h3-5,16H,1-2H3/b8-5+. The summed E-state index contributed by atoms with van der Waals surface area (Å²) in [7, 11) is 2.14. The van der Waals surface area contributed by atoms with Crippen LogP contribution in [0.4, 0.5) is 14.5 Å². The molecule has 1 aromatic rings. The minimum absolute atomic E-state index is 0.177. The highest BCUT2D eigenvalue weighted by Crippen LogP contribution is 2.28. The van der Waals surface area contributed by atoms with Gasteiger partial charge in [-0.3, -0.25) is 0 Å². The quantitative estimate of drug-likeness (QED) is 0.525. The van der Waals surface area contributed by atoms with Gasteiger partial charge in [-0.15, -0.1) is 0 Å². The van der Waals surface area contributed by atoms with Crippen molar-refractivity contribution in [1.29, 1.82) is 0 Å². The van der Waals surface area contributed by atoms with Crippen molar-refractivity contribution in [3.05, 3.63) is 40.6 Å². The lowest BCUT2D eigenvalue weighted by Crippen LogP contribution is -2.16. The monoisotopic (exact) mass is 305 g/mol. The lowest BCUT2D eigenvalue weighted by atomic mass is 10.2. The normalized spacial score (nSPS) is 10.9. The smallest absolute Gasteiger partial charge is 0.354 e. The van der Waals surface area contributed by atoms with Crippen LogP contribution in [0, 0.1) is 11.6 Å². The van der Waals surface area contributed by atoms with Gasteiger partial charge in [-0.05, 0) is 12.1 Å². The van der Waals surface area contributed by atoms with Crippen molar-refractivity contribution >= 4 is 29.2 Å². The molecule has 0 aliphatic carbocycles. The van der Waals surface area contributed by atoms with Gasteiger partial charge in [-0.2, -0.15) is 0 Å². The van der Waals surface area contributed by atoms with Crippen LogP contribution in [0.3, 0.4) is 0 Å². The molecule has 0 saturated heterocycles. The number of carbonyl (C=O) groups excluding carboxylic acids is 2. The maximum atomic E-state index is 13.6. The molecule has 0 heterocycles. The van der Waals surface area contributed by atoms with Crippen molar-refractivity contribution in [3.8, 4) is 0 Å². The van der Waals surface area contributed by atoms with E-state index in [0.29, 0.717) is 0 Å². The Morgan fingerprint density at radius 2 is 1.90 bits per heavy atom. The van der Waals surface area contributed by atoms with Crippen molar-refractivity contribution < 1.29 is 27.8 Å². The van der Waals surface area contributed by atoms with Crippen LogP contribution in [-0.2, 0) is 19.1 Å². The van der Waals surface area contributed by atoms with E-state index >= 15 is 0 Å². The molecule has 8 heteroatoms. The fraction of sp³-hybridized carbons (Fsp3) is 0.167. The van der Waals surface area contributed by atoms with Crippen LogP contribution >= 0.6 is 11.6 Å². The first kappa shape index (κ1) is 15.9. The molecule has 0 fully saturated rings. The average molecular weight is 306 g/mol. The zero-order valence-corrected chi connectivity index (χ0v) is 11.3. The zero-order chi connectivity index (χ0) is 15.3. The molecule has 5 nitrogen and oxygen atoms in total. The maximum absolute atomic E-state index is 13.6. The van der Waals surface area contributed by atoms with Crippen molar-refractivity contribution in [1.82, 2.24) is 0 Å². The van der Waals surface area contributed by atoms with Gasteiger partial charge in [0.2, 0.25) is 0 Å². The highest BCUT2D eigenvalue weighted by atomic mass is 35.5. The van der Waals surface area contributed by atoms with Gasteiger partial charge in [-0.1, -0.05) is 11.6 Å². The molecule has 0 spiro atoms. The highest BCUT2D eigenvalue weighted by Gasteiger charge is 2.18. The fourth-order valence-corrected chi connectivity index (χ4v) is 1.40. The number of benzene rings is 1. The Bertz CT molecular complexity index is 575. The van der Waals surface area contributed by atoms with Crippen LogP contribution in [0.5, 0.6) is 0 Å². The number of carbonyl (C=O) groups is 2. The van der Waals surface area contributed by atoms with E-state index in [1.165, 1.54) is 0 Å². The van der Waals surface area contributed by atoms with Gasteiger partial charge >= 0.3 is 11.9 Å². The summed E-state index contributed by atoms with van der Waals surface area (Å²) >= 11 is 5.70. The molecule has 20 heavy (non-hydrogen) atoms. The third-order valence-corrected chi connectivity index (χ3v) is 2.49. The van der Waals surface area contributed by atoms with Crippen molar-refractivity contribution in [3.63, 3.8) is 0 Å². The molecule has 0 aliphatic heterocycles. The Morgan fingerprint density at radius 3 is 2.45 bits per heavy atom. The third kappa shape index (κ3) is 3.67. The Kier molecular flexibility index (Phi) is 5.45. The lowest BCUT2D eigenvalue weighted by Gasteiger charge is -2.11. The Morgan fingerprint density at radius 1 is 1.25 bits per heavy atom. The van der Waals surface area contributed by atoms with E-state index in [2.05, 4.69) is 14.8 Å². The van der Waals surface area contributed by atoms with Crippen LogP contribution in [0.1, 0.15) is 0 Å². The second-order valence-corrected chi connectivity index (χ2v) is 3.82. The zero-order valence-electron chi connectivity index (χ0n) is 10.5. The first-order chi connectivity index (χ1) is 9.40. The number of esters is 2. The third-order valence-electron chi connectivity index (χ3n) is 2.17. The van der Waals surface area contributed by atoms with Crippen LogP contribution in [-0.4, -0.2) is 26.2 Å². The molecule has 1 aromatic carbocycles. The van der Waals surface area contributed by atoms with E-state index in [1.54, 1.807) is 0 Å². The molecule has 1 N–H and O–H groups in total. The van der Waals surface area contributed by atoms with E-state index in [4.69, 9.17) is 11.6 Å². The minimum atomic E-state index is -1.29. The minimum Gasteiger partial charge on any atom is -0.466 e. The summed E-state index contributed by atoms with van der Waals surface area (Å²) in [6.45, 7) is 0. The number of nitrogens with one attached hydrogen (secondary N) is 1. The summed E-state index contributed by atoms with van der Waals surface area (Å²) in [5.41, 5.74) is -0.946. The van der Waals surface area contributed by atoms with E-state index in [-0.39, 0.29) is 5.02 Å². The Hall–Kier alpha value is -2.15. The number of anilines is 1. The SMILES string of the molecule is COC(=O)/C=C(/Nc1c(Cl)ccc(F)c1F)C(=O)OC. The van der Waals surface area contributed by atoms with Gasteiger partial charge in [-0.25, -0.2) is 18.4 Å². The van der Waals surface area contributed by atoms with Crippen LogP contribution in [0.15, 0.2) is 23.9 Å². The summed E-state index contributed by atoms with van der Waals surface area (Å²) < 4.78 is 35.4. The number of methoxy groups -OCH3 is 2. The number of hydrogen-bond donors (Lipinski definition) is 1. The summed E-state index contributed by atoms with van der Waals surface area (Å²) in [6.07, 6.45) is 0.729. The molecule has 1 rings (SSSR count). The maximum Gasteiger partial charge on any atom is 0.354 e. The molecule has 0 atom stereocenters. The van der Waals surface area contributed by atoms with Gasteiger partial charge < -0.3 is 14.8 Å². The van der Waals surface area contributed by atoms with E-state index in [9.17, 15) is 18.4 Å². The number of halogens is 3. The van der Waals surface area contributed by atoms with Gasteiger partial charge in [0, 0.05) is 0 Å². The number of ether oxygens (including phenoxy) is 2. The summed E-state index contributed by atoms with van der Waals surface area (Å²) in [5, 5.41) is 2.03. The topological polar surface area (TPSA) is 64.6 Å². The average Bonchev–Trinajstić information content (AvgIpc) is 2.45. The first-order valence-corrected chi connectivity index (χ1v) is 5.57. The first-order valence-electron chi connectivity index (χ1n) is 5.19. The van der Waals surface area contributed by atoms with E-state index in [1.807, 2.05) is 0 Å². The molecule has 108 valence electrons. The van der Waals surface area contributed by atoms with Gasteiger partial charge in [0.05, 0.1) is 31.0 Å². The van der Waals surface area contributed by atoms with Crippen molar-refractivity contribution in [2.24, 2.45) is 0 Å². The summed E-state index contributed by atoms with van der Waals surface area (Å²) in [4.78, 5) is 22.6. The molecule has 0 aliphatic rings. The molecule has 0 aromatic heterocycles. The summed E-state index contributed by atoms with van der Waals surface area (Å²) in [5.74, 6) is -4.32. The van der Waals surface area contributed by atoms with Crippen LogP contribution in [0.25, 0.3) is 0 Å². The Labute approximate surface area is 118 Å². The molecular formula is C12H10ClF2NO4. The van der Waals surface area contributed by atoms with Crippen LogP contribution in [0.2, 0.25) is 5.02 Å². The lowest BCUT2D eigenvalue weighted by molar-refractivity contribution is -0.138. The molecule has 0 unspecified atom stereocenters. The largest absolute Gasteiger partial charge is 0.466 e. The van der Waals surface area contributed by atoms with Crippen molar-refractivity contribution in [2.45, 2.75) is 0 Å². The predicted molar refractivity (Wildman–Crippen MR) is 67.1 cm³/mol. The molecular weight excluding hydrogens is 296 g/mol. The number of hydrogen-bond acceptors (Lipinski definition) is 5. The predicted octanol–water partition coefficient (Wildman–Crippen LogP) is 2.26. The van der Waals surface area contributed by atoms with E-state index in [0.717, 1.165) is 32.4 Å². The highest BCUT2D eigenvalue weighted by molar-refractivity contribution is 6.33.